The molecule has 154 valence electrons. The van der Waals surface area contributed by atoms with Gasteiger partial charge in [0, 0.05) is 61.7 Å². The molecule has 0 bridgehead atoms. The highest BCUT2D eigenvalue weighted by Gasteiger charge is 2.17. The van der Waals surface area contributed by atoms with Crippen molar-refractivity contribution in [2.24, 2.45) is 5.10 Å². The molecule has 9 heteroatoms. The van der Waals surface area contributed by atoms with Gasteiger partial charge in [0.2, 0.25) is 4.80 Å². The Kier molecular flexibility index (Phi) is 4.87. The zero-order valence-corrected chi connectivity index (χ0v) is 17.7. The van der Waals surface area contributed by atoms with E-state index in [2.05, 4.69) is 32.3 Å². The molecule has 5 rings (SSSR count). The van der Waals surface area contributed by atoms with E-state index in [1.165, 1.54) is 16.0 Å². The molecule has 4 aromatic rings. The van der Waals surface area contributed by atoms with Crippen molar-refractivity contribution in [3.05, 3.63) is 70.9 Å². The minimum atomic E-state index is 0.221. The second-order valence-electron chi connectivity index (χ2n) is 7.50. The van der Waals surface area contributed by atoms with Gasteiger partial charge in [-0.15, -0.1) is 0 Å². The normalized spacial score (nSPS) is 15.6. The highest BCUT2D eigenvalue weighted by Crippen LogP contribution is 2.23. The summed E-state index contributed by atoms with van der Waals surface area (Å²) in [6.45, 7) is 0.851. The van der Waals surface area contributed by atoms with Gasteiger partial charge in [-0.05, 0) is 41.5 Å². The average Bonchev–Trinajstić information content (AvgIpc) is 3.39. The first-order valence-electron chi connectivity index (χ1n) is 9.83. The summed E-state index contributed by atoms with van der Waals surface area (Å²) in [6.07, 6.45) is 7.66. The van der Waals surface area contributed by atoms with Crippen LogP contribution in [0.5, 0.6) is 0 Å². The molecule has 0 saturated carbocycles. The van der Waals surface area contributed by atoms with Gasteiger partial charge in [0.1, 0.15) is 10.8 Å². The quantitative estimate of drug-likeness (QED) is 0.385. The zero-order chi connectivity index (χ0) is 21.4. The fraction of sp³-hybridized carbons (Fsp3) is 0.182. The summed E-state index contributed by atoms with van der Waals surface area (Å²) in [5.41, 5.74) is 3.88. The summed E-state index contributed by atoms with van der Waals surface area (Å²) >= 11 is 1.24. The summed E-state index contributed by atoms with van der Waals surface area (Å²) in [5.74, 6) is 0.496. The Morgan fingerprint density at radius 3 is 2.90 bits per heavy atom. The van der Waals surface area contributed by atoms with Crippen LogP contribution in [-0.4, -0.2) is 50.4 Å². The topological polar surface area (TPSA) is 107 Å². The number of rotatable bonds is 4. The van der Waals surface area contributed by atoms with E-state index in [-0.39, 0.29) is 16.6 Å². The van der Waals surface area contributed by atoms with Crippen molar-refractivity contribution in [2.75, 3.05) is 13.6 Å². The molecule has 0 amide bonds. The van der Waals surface area contributed by atoms with Gasteiger partial charge < -0.3 is 0 Å². The second kappa shape index (κ2) is 7.84. The number of nitrogens with one attached hydrogen (secondary N) is 2. The maximum absolute atomic E-state index is 8.53. The van der Waals surface area contributed by atoms with Crippen LogP contribution in [0.1, 0.15) is 17.0 Å². The minimum absolute atomic E-state index is 0.221. The summed E-state index contributed by atoms with van der Waals surface area (Å²) < 4.78 is 1.39. The molecule has 8 nitrogen and oxygen atoms in total. The maximum Gasteiger partial charge on any atom is 0.206 e. The van der Waals surface area contributed by atoms with Gasteiger partial charge in [-0.25, -0.2) is 0 Å². The summed E-state index contributed by atoms with van der Waals surface area (Å²) in [6, 6.07) is 11.9. The van der Waals surface area contributed by atoms with Crippen molar-refractivity contribution < 1.29 is 0 Å². The number of hydrogen-bond donors (Lipinski definition) is 2. The molecular formula is C22H20N8S. The third-order valence-corrected chi connectivity index (χ3v) is 6.09. The number of nitrogens with zero attached hydrogens (tertiary/aromatic N) is 6. The van der Waals surface area contributed by atoms with Crippen molar-refractivity contribution in [3.8, 4) is 10.6 Å². The Morgan fingerprint density at radius 1 is 1.23 bits per heavy atom. The van der Waals surface area contributed by atoms with E-state index in [4.69, 9.17) is 10.8 Å². The van der Waals surface area contributed by atoms with Crippen LogP contribution < -0.4 is 4.80 Å². The molecule has 1 aliphatic heterocycles. The lowest BCUT2D eigenvalue weighted by atomic mass is 10.00. The highest BCUT2D eigenvalue weighted by molar-refractivity contribution is 7.12. The first-order chi connectivity index (χ1) is 15.1. The third-order valence-electron chi connectivity index (χ3n) is 5.21. The van der Waals surface area contributed by atoms with Gasteiger partial charge >= 0.3 is 0 Å². The Balaban J connectivity index is 1.40. The lowest BCUT2D eigenvalue weighted by Gasteiger charge is -2.11. The molecule has 0 saturated heterocycles. The highest BCUT2D eigenvalue weighted by atomic mass is 32.1. The molecule has 1 aromatic carbocycles. The monoisotopic (exact) mass is 428 g/mol. The second-order valence-corrected chi connectivity index (χ2v) is 8.47. The minimum Gasteiger partial charge on any atom is -0.299 e. The molecule has 31 heavy (non-hydrogen) atoms. The maximum atomic E-state index is 8.53. The number of fused-ring (bicyclic) bond motifs is 1. The predicted molar refractivity (Wildman–Crippen MR) is 122 cm³/mol. The van der Waals surface area contributed by atoms with Crippen molar-refractivity contribution in [2.45, 2.75) is 12.3 Å². The first-order valence-corrected chi connectivity index (χ1v) is 10.7. The molecular weight excluding hydrogens is 408 g/mol. The molecule has 0 fully saturated rings. The lowest BCUT2D eigenvalue weighted by molar-refractivity contribution is 0.381. The molecule has 1 aliphatic rings. The number of likely N-dealkylation sites (N-methyl/N-ethyl adjacent to an activating group) is 1. The molecule has 0 radical (unpaired) electrons. The van der Waals surface area contributed by atoms with Crippen LogP contribution in [0.25, 0.3) is 21.5 Å². The van der Waals surface area contributed by atoms with Crippen LogP contribution in [0.4, 0.5) is 0 Å². The van der Waals surface area contributed by atoms with Crippen LogP contribution in [0, 0.1) is 10.8 Å². The average molecular weight is 429 g/mol. The molecule has 4 heterocycles. The van der Waals surface area contributed by atoms with Gasteiger partial charge in [-0.1, -0.05) is 17.4 Å². The van der Waals surface area contributed by atoms with E-state index in [0.717, 1.165) is 34.1 Å². The molecule has 1 unspecified atom stereocenters. The third kappa shape index (κ3) is 3.87. The van der Waals surface area contributed by atoms with E-state index in [0.29, 0.717) is 11.4 Å². The van der Waals surface area contributed by atoms with E-state index in [1.807, 2.05) is 48.7 Å². The van der Waals surface area contributed by atoms with E-state index >= 15 is 0 Å². The Morgan fingerprint density at radius 2 is 2.13 bits per heavy atom. The molecule has 3 aromatic heterocycles. The molecule has 0 aliphatic carbocycles. The zero-order valence-electron chi connectivity index (χ0n) is 16.9. The summed E-state index contributed by atoms with van der Waals surface area (Å²) in [5, 5.41) is 29.2. The standard InChI is InChI=1S/C22H20N8S/c1-29-13-18(12-27-29)17-9-16-7-14(4-5-19(16)26-11-17)8-20(23)30-22(24)31-21(28-30)15-3-2-6-25-10-15/h2-7,9-12,18,23-24H,8,13H2,1H3. The van der Waals surface area contributed by atoms with E-state index in [1.54, 1.807) is 12.4 Å². The summed E-state index contributed by atoms with van der Waals surface area (Å²) in [4.78, 5) is 8.92. The van der Waals surface area contributed by atoms with Crippen LogP contribution in [0.2, 0.25) is 0 Å². The predicted octanol–water partition coefficient (Wildman–Crippen LogP) is 3.12. The van der Waals surface area contributed by atoms with Gasteiger partial charge in [-0.2, -0.15) is 14.9 Å². The van der Waals surface area contributed by atoms with E-state index < -0.39 is 0 Å². The fourth-order valence-corrected chi connectivity index (χ4v) is 4.41. The molecule has 0 spiro atoms. The van der Waals surface area contributed by atoms with Crippen LogP contribution in [0.3, 0.4) is 0 Å². The smallest absolute Gasteiger partial charge is 0.206 e. The molecule has 2 N–H and O–H groups in total. The molecule has 1 atom stereocenters. The van der Waals surface area contributed by atoms with Crippen molar-refractivity contribution >= 4 is 34.3 Å². The Bertz CT molecular complexity index is 1350. The lowest BCUT2D eigenvalue weighted by Crippen LogP contribution is -2.25. The van der Waals surface area contributed by atoms with Crippen LogP contribution in [-0.2, 0) is 6.42 Å². The van der Waals surface area contributed by atoms with Gasteiger partial charge in [0.05, 0.1) is 5.52 Å². The Hall–Kier alpha value is -3.72. The first kappa shape index (κ1) is 19.3. The van der Waals surface area contributed by atoms with Gasteiger partial charge in [0.15, 0.2) is 0 Å². The fourth-order valence-electron chi connectivity index (χ4n) is 3.62. The van der Waals surface area contributed by atoms with Crippen molar-refractivity contribution in [1.82, 2.24) is 24.8 Å². The van der Waals surface area contributed by atoms with Gasteiger partial charge in [-0.3, -0.25) is 25.8 Å². The van der Waals surface area contributed by atoms with Crippen molar-refractivity contribution in [3.63, 3.8) is 0 Å². The van der Waals surface area contributed by atoms with E-state index in [9.17, 15) is 0 Å². The van der Waals surface area contributed by atoms with Crippen LogP contribution >= 0.6 is 11.3 Å². The van der Waals surface area contributed by atoms with Crippen molar-refractivity contribution in [1.29, 1.82) is 10.8 Å². The SMILES string of the molecule is CN1CC(c2cnc3ccc(CC(=N)n4nc(-c5cccnc5)sc4=N)cc3c2)C=N1. The number of aromatic nitrogens is 4. The van der Waals surface area contributed by atoms with Crippen LogP contribution in [0.15, 0.2) is 60.1 Å². The number of hydrogen-bond acceptors (Lipinski definition) is 8. The number of hydrazone groups is 1. The number of benzene rings is 1. The summed E-state index contributed by atoms with van der Waals surface area (Å²) in [7, 11) is 1.96. The largest absolute Gasteiger partial charge is 0.299 e. The van der Waals surface area contributed by atoms with Gasteiger partial charge in [0.25, 0.3) is 0 Å². The Labute approximate surface area is 182 Å². The number of pyridine rings is 2.